The summed E-state index contributed by atoms with van der Waals surface area (Å²) in [5, 5.41) is 5.28. The zero-order valence-corrected chi connectivity index (χ0v) is 14.0. The molecular formula is C18H21N3O3. The molecule has 2 aromatic carbocycles. The van der Waals surface area contributed by atoms with Gasteiger partial charge in [0, 0.05) is 11.3 Å². The number of amides is 3. The monoisotopic (exact) mass is 327 g/mol. The first-order valence-electron chi connectivity index (χ1n) is 7.53. The SMILES string of the molecule is Cc1ccc(C)c(OCNC(=O)Nc2ccc(C(N)=O)cc2)c1C. The molecule has 0 saturated carbocycles. The van der Waals surface area contributed by atoms with Gasteiger partial charge >= 0.3 is 6.03 Å². The molecule has 0 heterocycles. The molecule has 0 radical (unpaired) electrons. The molecule has 2 aromatic rings. The van der Waals surface area contributed by atoms with E-state index in [0.29, 0.717) is 11.3 Å². The van der Waals surface area contributed by atoms with E-state index < -0.39 is 11.9 Å². The van der Waals surface area contributed by atoms with Gasteiger partial charge in [-0.15, -0.1) is 0 Å². The number of carbonyl (C=O) groups is 2. The highest BCUT2D eigenvalue weighted by Gasteiger charge is 2.07. The second kappa shape index (κ2) is 7.50. The maximum Gasteiger partial charge on any atom is 0.321 e. The van der Waals surface area contributed by atoms with Crippen LogP contribution in [0.15, 0.2) is 36.4 Å². The van der Waals surface area contributed by atoms with E-state index in [4.69, 9.17) is 10.5 Å². The van der Waals surface area contributed by atoms with Gasteiger partial charge in [-0.1, -0.05) is 12.1 Å². The molecule has 0 aromatic heterocycles. The number of primary amides is 1. The smallest absolute Gasteiger partial charge is 0.321 e. The van der Waals surface area contributed by atoms with Crippen molar-refractivity contribution in [1.82, 2.24) is 5.32 Å². The van der Waals surface area contributed by atoms with E-state index in [1.54, 1.807) is 24.3 Å². The van der Waals surface area contributed by atoms with Gasteiger partial charge in [0.2, 0.25) is 5.91 Å². The van der Waals surface area contributed by atoms with Crippen LogP contribution in [0, 0.1) is 20.8 Å². The Kier molecular flexibility index (Phi) is 5.42. The lowest BCUT2D eigenvalue weighted by Crippen LogP contribution is -2.32. The highest BCUT2D eigenvalue weighted by Crippen LogP contribution is 2.25. The number of urea groups is 1. The Morgan fingerprint density at radius 1 is 1.00 bits per heavy atom. The molecule has 0 aliphatic heterocycles. The minimum absolute atomic E-state index is 0.0519. The molecule has 6 nitrogen and oxygen atoms in total. The Bertz CT molecular complexity index is 755. The van der Waals surface area contributed by atoms with Crippen molar-refractivity contribution in [3.8, 4) is 5.75 Å². The summed E-state index contributed by atoms with van der Waals surface area (Å²) in [6.07, 6.45) is 0. The number of nitrogens with one attached hydrogen (secondary N) is 2. The van der Waals surface area contributed by atoms with Gasteiger partial charge < -0.3 is 21.1 Å². The first kappa shape index (κ1) is 17.3. The largest absolute Gasteiger partial charge is 0.473 e. The normalized spacial score (nSPS) is 10.1. The lowest BCUT2D eigenvalue weighted by molar-refractivity contribution is 0.100. The van der Waals surface area contributed by atoms with Crippen LogP contribution in [0.25, 0.3) is 0 Å². The molecule has 0 fully saturated rings. The predicted octanol–water partition coefficient (Wildman–Crippen LogP) is 2.87. The maximum atomic E-state index is 11.9. The van der Waals surface area contributed by atoms with Crippen LogP contribution in [0.4, 0.5) is 10.5 Å². The van der Waals surface area contributed by atoms with Crippen LogP contribution >= 0.6 is 0 Å². The number of aryl methyl sites for hydroxylation is 2. The number of anilines is 1. The summed E-state index contributed by atoms with van der Waals surface area (Å²) in [7, 11) is 0. The minimum Gasteiger partial charge on any atom is -0.473 e. The van der Waals surface area contributed by atoms with Crippen LogP contribution in [0.1, 0.15) is 27.0 Å². The number of ether oxygens (including phenoxy) is 1. The summed E-state index contributed by atoms with van der Waals surface area (Å²) in [6, 6.07) is 9.93. The molecule has 0 unspecified atom stereocenters. The summed E-state index contributed by atoms with van der Waals surface area (Å²) < 4.78 is 5.67. The molecule has 0 atom stereocenters. The van der Waals surface area contributed by atoms with Gasteiger partial charge in [-0.3, -0.25) is 4.79 Å². The maximum absolute atomic E-state index is 11.9. The molecule has 24 heavy (non-hydrogen) atoms. The molecule has 0 bridgehead atoms. The minimum atomic E-state index is -0.511. The zero-order valence-electron chi connectivity index (χ0n) is 14.0. The number of hydrogen-bond acceptors (Lipinski definition) is 3. The third-order valence-electron chi connectivity index (χ3n) is 3.75. The van der Waals surface area contributed by atoms with E-state index in [-0.39, 0.29) is 6.73 Å². The van der Waals surface area contributed by atoms with Gasteiger partial charge in [-0.05, 0) is 61.7 Å². The van der Waals surface area contributed by atoms with E-state index in [2.05, 4.69) is 10.6 Å². The fraction of sp³-hybridized carbons (Fsp3) is 0.222. The number of rotatable bonds is 5. The lowest BCUT2D eigenvalue weighted by Gasteiger charge is -2.14. The third kappa shape index (κ3) is 4.25. The van der Waals surface area contributed by atoms with E-state index in [0.717, 1.165) is 22.4 Å². The van der Waals surface area contributed by atoms with E-state index >= 15 is 0 Å². The van der Waals surface area contributed by atoms with Crippen molar-refractivity contribution in [2.45, 2.75) is 20.8 Å². The molecule has 0 saturated heterocycles. The second-order valence-corrected chi connectivity index (χ2v) is 5.51. The number of nitrogens with two attached hydrogens (primary N) is 1. The number of carbonyl (C=O) groups excluding carboxylic acids is 2. The van der Waals surface area contributed by atoms with Crippen LogP contribution in [-0.4, -0.2) is 18.7 Å². The molecule has 0 spiro atoms. The van der Waals surface area contributed by atoms with Gasteiger partial charge in [-0.25, -0.2) is 4.79 Å². The van der Waals surface area contributed by atoms with Gasteiger partial charge in [0.1, 0.15) is 5.75 Å². The highest BCUT2D eigenvalue weighted by atomic mass is 16.5. The zero-order chi connectivity index (χ0) is 17.7. The molecule has 2 rings (SSSR count). The Morgan fingerprint density at radius 2 is 1.62 bits per heavy atom. The molecule has 3 amide bonds. The first-order chi connectivity index (χ1) is 11.4. The van der Waals surface area contributed by atoms with Crippen LogP contribution in [0.5, 0.6) is 5.75 Å². The summed E-state index contributed by atoms with van der Waals surface area (Å²) in [5.41, 5.74) is 9.31. The number of benzene rings is 2. The van der Waals surface area contributed by atoms with Gasteiger partial charge in [0.15, 0.2) is 6.73 Å². The van der Waals surface area contributed by atoms with Crippen LogP contribution in [0.2, 0.25) is 0 Å². The van der Waals surface area contributed by atoms with Gasteiger partial charge in [0.05, 0.1) is 0 Å². The summed E-state index contributed by atoms with van der Waals surface area (Å²) in [6.45, 7) is 6.01. The van der Waals surface area contributed by atoms with Crippen molar-refractivity contribution in [1.29, 1.82) is 0 Å². The van der Waals surface area contributed by atoms with Crippen molar-refractivity contribution in [3.63, 3.8) is 0 Å². The van der Waals surface area contributed by atoms with Crippen molar-refractivity contribution < 1.29 is 14.3 Å². The number of hydrogen-bond donors (Lipinski definition) is 3. The average Bonchev–Trinajstić information content (AvgIpc) is 2.55. The Balaban J connectivity index is 1.88. The third-order valence-corrected chi connectivity index (χ3v) is 3.75. The lowest BCUT2D eigenvalue weighted by atomic mass is 10.1. The van der Waals surface area contributed by atoms with E-state index in [1.807, 2.05) is 32.9 Å². The van der Waals surface area contributed by atoms with E-state index in [1.165, 1.54) is 0 Å². The molecule has 126 valence electrons. The first-order valence-corrected chi connectivity index (χ1v) is 7.53. The predicted molar refractivity (Wildman–Crippen MR) is 93.3 cm³/mol. The van der Waals surface area contributed by atoms with Gasteiger partial charge in [-0.2, -0.15) is 0 Å². The molecule has 0 aliphatic rings. The Morgan fingerprint density at radius 3 is 2.25 bits per heavy atom. The van der Waals surface area contributed by atoms with Crippen LogP contribution < -0.4 is 21.1 Å². The van der Waals surface area contributed by atoms with Crippen LogP contribution in [0.3, 0.4) is 0 Å². The quantitative estimate of drug-likeness (QED) is 0.737. The van der Waals surface area contributed by atoms with Crippen molar-refractivity contribution >= 4 is 17.6 Å². The topological polar surface area (TPSA) is 93.4 Å². The molecule has 0 aliphatic carbocycles. The van der Waals surface area contributed by atoms with Crippen molar-refractivity contribution in [3.05, 3.63) is 58.7 Å². The average molecular weight is 327 g/mol. The van der Waals surface area contributed by atoms with Crippen molar-refractivity contribution in [2.24, 2.45) is 5.73 Å². The molecule has 6 heteroatoms. The Labute approximate surface area is 141 Å². The molecule has 4 N–H and O–H groups in total. The van der Waals surface area contributed by atoms with Gasteiger partial charge in [0.25, 0.3) is 0 Å². The second-order valence-electron chi connectivity index (χ2n) is 5.51. The highest BCUT2D eigenvalue weighted by molar-refractivity contribution is 5.94. The van der Waals surface area contributed by atoms with Crippen LogP contribution in [-0.2, 0) is 0 Å². The molecular weight excluding hydrogens is 306 g/mol. The Hall–Kier alpha value is -3.02. The summed E-state index contributed by atoms with van der Waals surface area (Å²) in [5.74, 6) is 0.268. The fourth-order valence-corrected chi connectivity index (χ4v) is 2.21. The fourth-order valence-electron chi connectivity index (χ4n) is 2.21. The van der Waals surface area contributed by atoms with Crippen molar-refractivity contribution in [2.75, 3.05) is 12.0 Å². The standard InChI is InChI=1S/C18H21N3O3/c1-11-4-5-12(2)16(13(11)3)24-10-20-18(23)21-15-8-6-14(7-9-15)17(19)22/h4-9H,10H2,1-3H3,(H2,19,22)(H2,20,21,23). The van der Waals surface area contributed by atoms with E-state index in [9.17, 15) is 9.59 Å². The summed E-state index contributed by atoms with van der Waals surface area (Å²) >= 11 is 0. The summed E-state index contributed by atoms with van der Waals surface area (Å²) in [4.78, 5) is 22.9.